The molecule has 1 amide bonds. The van der Waals surface area contributed by atoms with Gasteiger partial charge < -0.3 is 5.32 Å². The highest BCUT2D eigenvalue weighted by atomic mass is 32.1. The van der Waals surface area contributed by atoms with E-state index in [0.29, 0.717) is 17.0 Å². The van der Waals surface area contributed by atoms with Gasteiger partial charge >= 0.3 is 0 Å². The Balaban J connectivity index is 1.75. The van der Waals surface area contributed by atoms with Crippen molar-refractivity contribution in [2.75, 3.05) is 5.32 Å². The van der Waals surface area contributed by atoms with Gasteiger partial charge in [0.1, 0.15) is 22.2 Å². The Morgan fingerprint density at radius 3 is 2.48 bits per heavy atom. The molecule has 7 nitrogen and oxygen atoms in total. The van der Waals surface area contributed by atoms with Crippen molar-refractivity contribution >= 4 is 28.7 Å². The maximum absolute atomic E-state index is 13.0. The largest absolute Gasteiger partial charge is 0.306 e. The summed E-state index contributed by atoms with van der Waals surface area (Å²) in [5.74, 6) is -0.452. The number of carbonyl (C=O) groups is 1. The number of hydrogen-bond donors (Lipinski definition) is 1. The molecule has 1 N–H and O–H groups in total. The number of nitrogens with one attached hydrogen (secondary N) is 1. The Morgan fingerprint density at radius 2 is 1.85 bits per heavy atom. The van der Waals surface area contributed by atoms with Gasteiger partial charge in [0.25, 0.3) is 11.6 Å². The van der Waals surface area contributed by atoms with Gasteiger partial charge in [0.05, 0.1) is 15.6 Å². The van der Waals surface area contributed by atoms with Crippen LogP contribution in [0, 0.1) is 29.8 Å². The van der Waals surface area contributed by atoms with E-state index < -0.39 is 4.92 Å². The zero-order valence-electron chi connectivity index (χ0n) is 14.5. The maximum atomic E-state index is 13.0. The van der Waals surface area contributed by atoms with Crippen molar-refractivity contribution in [3.8, 4) is 0 Å². The fourth-order valence-electron chi connectivity index (χ4n) is 2.50. The molecule has 0 aliphatic heterocycles. The van der Waals surface area contributed by atoms with Crippen molar-refractivity contribution in [2.24, 2.45) is 0 Å². The quantitative estimate of drug-likeness (QED) is 0.527. The lowest BCUT2D eigenvalue weighted by molar-refractivity contribution is -0.385. The van der Waals surface area contributed by atoms with E-state index in [0.717, 1.165) is 10.6 Å². The molecular weight excluding hydrogens is 371 g/mol. The average Bonchev–Trinajstić information content (AvgIpc) is 2.97. The predicted molar refractivity (Wildman–Crippen MR) is 99.6 cm³/mol. The van der Waals surface area contributed by atoms with E-state index in [1.807, 2.05) is 0 Å². The second-order valence-electron chi connectivity index (χ2n) is 5.84. The van der Waals surface area contributed by atoms with Gasteiger partial charge in [-0.3, -0.25) is 14.9 Å². The predicted octanol–water partition coefficient (Wildman–Crippen LogP) is 4.05. The molecule has 3 rings (SSSR count). The Labute approximate surface area is 158 Å². The second-order valence-corrected chi connectivity index (χ2v) is 6.92. The third-order valence-corrected chi connectivity index (χ3v) is 4.97. The summed E-state index contributed by atoms with van der Waals surface area (Å²) in [6.45, 7) is 3.24. The number of aryl methyl sites for hydroxylation is 2. The lowest BCUT2D eigenvalue weighted by Crippen LogP contribution is -2.13. The molecule has 2 aromatic heterocycles. The van der Waals surface area contributed by atoms with Crippen molar-refractivity contribution < 1.29 is 14.1 Å². The molecule has 0 radical (unpaired) electrons. The molecule has 0 aliphatic rings. The Kier molecular flexibility index (Phi) is 5.22. The topological polar surface area (TPSA) is 98.0 Å². The van der Waals surface area contributed by atoms with Gasteiger partial charge in [0, 0.05) is 12.5 Å². The van der Waals surface area contributed by atoms with Crippen molar-refractivity contribution in [3.05, 3.63) is 79.2 Å². The molecule has 27 heavy (non-hydrogen) atoms. The number of thiazole rings is 1. The van der Waals surface area contributed by atoms with Crippen molar-refractivity contribution in [2.45, 2.75) is 20.3 Å². The van der Waals surface area contributed by atoms with Crippen LogP contribution in [0.25, 0.3) is 0 Å². The number of rotatable bonds is 5. The van der Waals surface area contributed by atoms with E-state index in [1.165, 1.54) is 42.5 Å². The molecule has 2 heterocycles. The van der Waals surface area contributed by atoms with Gasteiger partial charge in [-0.1, -0.05) is 12.1 Å². The van der Waals surface area contributed by atoms with Gasteiger partial charge in [-0.2, -0.15) is 0 Å². The molecule has 9 heteroatoms. The highest BCUT2D eigenvalue weighted by molar-refractivity contribution is 7.14. The summed E-state index contributed by atoms with van der Waals surface area (Å²) in [5.41, 5.74) is 1.58. The second kappa shape index (κ2) is 7.58. The van der Waals surface area contributed by atoms with Crippen LogP contribution in [0.5, 0.6) is 0 Å². The first-order valence-corrected chi connectivity index (χ1v) is 8.79. The first-order valence-electron chi connectivity index (χ1n) is 7.97. The maximum Gasteiger partial charge on any atom is 0.290 e. The van der Waals surface area contributed by atoms with Crippen LogP contribution in [0.1, 0.15) is 31.6 Å². The summed E-state index contributed by atoms with van der Waals surface area (Å²) >= 11 is 1.25. The number of amides is 1. The summed E-state index contributed by atoms with van der Waals surface area (Å²) in [4.78, 5) is 31.7. The normalized spacial score (nSPS) is 10.6. The summed E-state index contributed by atoms with van der Waals surface area (Å²) in [5, 5.41) is 14.2. The Morgan fingerprint density at radius 1 is 1.15 bits per heavy atom. The minimum atomic E-state index is -0.525. The molecule has 1 aromatic carbocycles. The first kappa shape index (κ1) is 18.6. The SMILES string of the molecule is Cc1nc(NC(=O)c2sc(Cc3ccc(F)cc3)nc2C)ccc1[N+](=O)[O-]. The van der Waals surface area contributed by atoms with Crippen molar-refractivity contribution in [1.82, 2.24) is 9.97 Å². The number of nitro groups is 1. The molecule has 138 valence electrons. The Bertz CT molecular complexity index is 1020. The van der Waals surface area contributed by atoms with Crippen LogP contribution in [0.2, 0.25) is 0 Å². The fourth-order valence-corrected chi connectivity index (χ4v) is 3.50. The van der Waals surface area contributed by atoms with Crippen molar-refractivity contribution in [1.29, 1.82) is 0 Å². The van der Waals surface area contributed by atoms with E-state index in [4.69, 9.17) is 0 Å². The van der Waals surface area contributed by atoms with E-state index in [2.05, 4.69) is 15.3 Å². The minimum absolute atomic E-state index is 0.108. The third kappa shape index (κ3) is 4.32. The number of halogens is 1. The molecule has 0 saturated carbocycles. The molecule has 0 bridgehead atoms. The van der Waals surface area contributed by atoms with Crippen LogP contribution in [-0.4, -0.2) is 20.8 Å². The first-order chi connectivity index (χ1) is 12.8. The van der Waals surface area contributed by atoms with Gasteiger partial charge in [-0.25, -0.2) is 14.4 Å². The number of nitrogens with zero attached hydrogens (tertiary/aromatic N) is 3. The minimum Gasteiger partial charge on any atom is -0.306 e. The Hall–Kier alpha value is -3.20. The van der Waals surface area contributed by atoms with Crippen LogP contribution in [0.4, 0.5) is 15.9 Å². The van der Waals surface area contributed by atoms with E-state index in [-0.39, 0.29) is 28.9 Å². The van der Waals surface area contributed by atoms with Gasteiger partial charge in [-0.15, -0.1) is 11.3 Å². The number of benzene rings is 1. The molecule has 3 aromatic rings. The summed E-state index contributed by atoms with van der Waals surface area (Å²) < 4.78 is 13.0. The van der Waals surface area contributed by atoms with Crippen LogP contribution in [0.3, 0.4) is 0 Å². The van der Waals surface area contributed by atoms with Crippen LogP contribution in [-0.2, 0) is 6.42 Å². The number of aromatic nitrogens is 2. The van der Waals surface area contributed by atoms with E-state index >= 15 is 0 Å². The number of hydrogen-bond acceptors (Lipinski definition) is 6. The van der Waals surface area contributed by atoms with Crippen LogP contribution < -0.4 is 5.32 Å². The standard InChI is InChI=1S/C18H15FN4O3S/c1-10-14(23(25)26)7-8-15(20-10)22-18(24)17-11(2)21-16(27-17)9-12-3-5-13(19)6-4-12/h3-8H,9H2,1-2H3,(H,20,22,24). The average molecular weight is 386 g/mol. The molecule has 0 spiro atoms. The summed E-state index contributed by atoms with van der Waals surface area (Å²) in [7, 11) is 0. The lowest BCUT2D eigenvalue weighted by Gasteiger charge is -2.04. The number of pyridine rings is 1. The van der Waals surface area contributed by atoms with Crippen LogP contribution >= 0.6 is 11.3 Å². The number of anilines is 1. The molecule has 0 aliphatic carbocycles. The van der Waals surface area contributed by atoms with Gasteiger partial charge in [0.15, 0.2) is 0 Å². The van der Waals surface area contributed by atoms with Crippen molar-refractivity contribution in [3.63, 3.8) is 0 Å². The highest BCUT2D eigenvalue weighted by Gasteiger charge is 2.18. The lowest BCUT2D eigenvalue weighted by atomic mass is 10.1. The van der Waals surface area contributed by atoms with Crippen LogP contribution in [0.15, 0.2) is 36.4 Å². The van der Waals surface area contributed by atoms with E-state index in [9.17, 15) is 19.3 Å². The fraction of sp³-hybridized carbons (Fsp3) is 0.167. The smallest absolute Gasteiger partial charge is 0.290 e. The van der Waals surface area contributed by atoms with Gasteiger partial charge in [0.2, 0.25) is 0 Å². The monoisotopic (exact) mass is 386 g/mol. The van der Waals surface area contributed by atoms with Gasteiger partial charge in [-0.05, 0) is 37.6 Å². The molecule has 0 unspecified atom stereocenters. The summed E-state index contributed by atoms with van der Waals surface area (Å²) in [6.07, 6.45) is 0.494. The molecule has 0 saturated heterocycles. The number of carbonyl (C=O) groups excluding carboxylic acids is 1. The zero-order chi connectivity index (χ0) is 19.6. The molecule has 0 fully saturated rings. The van der Waals surface area contributed by atoms with E-state index in [1.54, 1.807) is 19.1 Å². The highest BCUT2D eigenvalue weighted by Crippen LogP contribution is 2.23. The zero-order valence-corrected chi connectivity index (χ0v) is 15.3. The summed E-state index contributed by atoms with van der Waals surface area (Å²) in [6, 6.07) is 8.80. The third-order valence-electron chi connectivity index (χ3n) is 3.81. The molecule has 0 atom stereocenters. The molecular formula is C18H15FN4O3S.